The van der Waals surface area contributed by atoms with Crippen LogP contribution in [0.3, 0.4) is 0 Å². The van der Waals surface area contributed by atoms with Gasteiger partial charge in [-0.25, -0.2) is 5.43 Å². The molecule has 0 radical (unpaired) electrons. The van der Waals surface area contributed by atoms with Crippen LogP contribution in [-0.2, 0) is 19.5 Å². The number of nitrogens with zero attached hydrogens (tertiary/aromatic N) is 3. The van der Waals surface area contributed by atoms with E-state index in [1.807, 2.05) is 68.4 Å². The van der Waals surface area contributed by atoms with Crippen molar-refractivity contribution in [2.75, 3.05) is 6.54 Å². The summed E-state index contributed by atoms with van der Waals surface area (Å²) in [5, 5.41) is 4.92. The molecule has 3 aromatic carbocycles. The van der Waals surface area contributed by atoms with Crippen LogP contribution in [0.2, 0.25) is 5.02 Å². The van der Waals surface area contributed by atoms with Crippen molar-refractivity contribution in [1.29, 1.82) is 0 Å². The number of hydrogen-bond donors (Lipinski definition) is 1. The lowest BCUT2D eigenvalue weighted by molar-refractivity contribution is 0.0955. The molecule has 5 nitrogen and oxygen atoms in total. The van der Waals surface area contributed by atoms with E-state index in [0.717, 1.165) is 48.7 Å². The molecule has 2 heterocycles. The largest absolute Gasteiger partial charge is 0.318 e. The highest BCUT2D eigenvalue weighted by Crippen LogP contribution is 2.22. The van der Waals surface area contributed by atoms with E-state index in [9.17, 15) is 4.79 Å². The summed E-state index contributed by atoms with van der Waals surface area (Å²) in [6.45, 7) is 6.96. The van der Waals surface area contributed by atoms with Crippen LogP contribution in [0.5, 0.6) is 0 Å². The fraction of sp³-hybridized carbons (Fsp3) is 0.200. The van der Waals surface area contributed by atoms with Gasteiger partial charge in [0.05, 0.1) is 6.21 Å². The second kappa shape index (κ2) is 10.5. The molecule has 36 heavy (non-hydrogen) atoms. The van der Waals surface area contributed by atoms with Crippen LogP contribution >= 0.6 is 11.6 Å². The summed E-state index contributed by atoms with van der Waals surface area (Å²) < 4.78 is 2.14. The van der Waals surface area contributed by atoms with Crippen molar-refractivity contribution in [3.63, 3.8) is 0 Å². The molecule has 1 aliphatic heterocycles. The second-order valence-corrected chi connectivity index (χ2v) is 9.70. The van der Waals surface area contributed by atoms with Gasteiger partial charge in [0.2, 0.25) is 0 Å². The van der Waals surface area contributed by atoms with Crippen molar-refractivity contribution in [1.82, 2.24) is 14.9 Å². The van der Waals surface area contributed by atoms with Gasteiger partial charge in [0.25, 0.3) is 5.91 Å². The first kappa shape index (κ1) is 24.0. The lowest BCUT2D eigenvalue weighted by atomic mass is 9.99. The second-order valence-electron chi connectivity index (χ2n) is 9.26. The number of amides is 1. The summed E-state index contributed by atoms with van der Waals surface area (Å²) in [5.74, 6) is -0.226. The van der Waals surface area contributed by atoms with Crippen molar-refractivity contribution < 1.29 is 4.79 Å². The average molecular weight is 497 g/mol. The van der Waals surface area contributed by atoms with E-state index in [1.165, 1.54) is 16.7 Å². The number of aromatic nitrogens is 1. The van der Waals surface area contributed by atoms with Gasteiger partial charge < -0.3 is 4.57 Å². The van der Waals surface area contributed by atoms with E-state index >= 15 is 0 Å². The molecule has 6 heteroatoms. The number of fused-ring (bicyclic) bond motifs is 1. The quantitative estimate of drug-likeness (QED) is 0.260. The van der Waals surface area contributed by atoms with Crippen molar-refractivity contribution in [3.8, 4) is 5.69 Å². The lowest BCUT2D eigenvalue weighted by Crippen LogP contribution is -2.30. The molecule has 0 saturated carbocycles. The number of carbonyl (C=O) groups is 1. The first-order valence-electron chi connectivity index (χ1n) is 12.1. The molecule has 0 aliphatic carbocycles. The Morgan fingerprint density at radius 2 is 1.72 bits per heavy atom. The van der Waals surface area contributed by atoms with E-state index in [-0.39, 0.29) is 5.91 Å². The summed E-state index contributed by atoms with van der Waals surface area (Å²) in [6.07, 6.45) is 2.77. The van der Waals surface area contributed by atoms with Crippen LogP contribution < -0.4 is 5.43 Å². The van der Waals surface area contributed by atoms with E-state index in [4.69, 9.17) is 11.6 Å². The molecule has 1 amide bonds. The number of nitrogens with one attached hydrogen (secondary N) is 1. The number of aryl methyl sites for hydroxylation is 1. The van der Waals surface area contributed by atoms with Crippen LogP contribution in [0.1, 0.15) is 44.0 Å². The Labute approximate surface area is 217 Å². The maximum Gasteiger partial charge on any atom is 0.271 e. The first-order valence-corrected chi connectivity index (χ1v) is 12.5. The summed E-state index contributed by atoms with van der Waals surface area (Å²) in [7, 11) is 0. The van der Waals surface area contributed by atoms with Gasteiger partial charge in [0.15, 0.2) is 0 Å². The standard InChI is InChI=1S/C30H29ClN4O/c1-21-17-27(22(2)35(21)29-13-11-28(31)12-14-29)18-32-33-30(36)25-9-7-23(8-10-25)19-34-16-15-24-5-3-4-6-26(24)20-34/h3-14,17-18H,15-16,19-20H2,1-2H3,(H,33,36)/b32-18+. The van der Waals surface area contributed by atoms with Gasteiger partial charge in [-0.1, -0.05) is 48.0 Å². The number of benzene rings is 3. The molecule has 1 N–H and O–H groups in total. The molecular weight excluding hydrogens is 468 g/mol. The summed E-state index contributed by atoms with van der Waals surface area (Å²) >= 11 is 6.03. The van der Waals surface area contributed by atoms with Crippen LogP contribution in [0.15, 0.2) is 84.0 Å². The zero-order chi connectivity index (χ0) is 25.1. The zero-order valence-electron chi connectivity index (χ0n) is 20.5. The summed E-state index contributed by atoms with van der Waals surface area (Å²) in [6, 6.07) is 26.2. The monoisotopic (exact) mass is 496 g/mol. The normalized spacial score (nSPS) is 13.6. The Morgan fingerprint density at radius 1 is 1.00 bits per heavy atom. The fourth-order valence-corrected chi connectivity index (χ4v) is 4.97. The number of carbonyl (C=O) groups excluding carboxylic acids is 1. The predicted octanol–water partition coefficient (Wildman–Crippen LogP) is 6.07. The third-order valence-corrected chi connectivity index (χ3v) is 7.01. The van der Waals surface area contributed by atoms with Crippen molar-refractivity contribution in [2.24, 2.45) is 5.10 Å². The van der Waals surface area contributed by atoms with Gasteiger partial charge in [0, 0.05) is 52.9 Å². The van der Waals surface area contributed by atoms with Crippen LogP contribution in [0.25, 0.3) is 5.69 Å². The molecule has 1 aromatic heterocycles. The molecule has 0 unspecified atom stereocenters. The van der Waals surface area contributed by atoms with Gasteiger partial charge >= 0.3 is 0 Å². The molecule has 0 fully saturated rings. The van der Waals surface area contributed by atoms with Gasteiger partial charge in [-0.2, -0.15) is 5.10 Å². The fourth-order valence-electron chi connectivity index (χ4n) is 4.84. The molecule has 0 saturated heterocycles. The third kappa shape index (κ3) is 5.27. The highest BCUT2D eigenvalue weighted by atomic mass is 35.5. The van der Waals surface area contributed by atoms with Gasteiger partial charge in [-0.15, -0.1) is 0 Å². The molecule has 5 rings (SSSR count). The van der Waals surface area contributed by atoms with Crippen molar-refractivity contribution in [3.05, 3.63) is 123 Å². The van der Waals surface area contributed by atoms with E-state index in [0.29, 0.717) is 10.6 Å². The predicted molar refractivity (Wildman–Crippen MR) is 146 cm³/mol. The maximum atomic E-state index is 12.6. The minimum Gasteiger partial charge on any atom is -0.318 e. The molecule has 1 aliphatic rings. The topological polar surface area (TPSA) is 49.6 Å². The number of rotatable bonds is 6. The van der Waals surface area contributed by atoms with Crippen LogP contribution in [-0.4, -0.2) is 28.1 Å². The van der Waals surface area contributed by atoms with Crippen LogP contribution in [0, 0.1) is 13.8 Å². The minimum atomic E-state index is -0.226. The lowest BCUT2D eigenvalue weighted by Gasteiger charge is -2.28. The summed E-state index contributed by atoms with van der Waals surface area (Å²) in [4.78, 5) is 15.1. The van der Waals surface area contributed by atoms with E-state index < -0.39 is 0 Å². The molecular formula is C30H29ClN4O. The Bertz CT molecular complexity index is 1400. The highest BCUT2D eigenvalue weighted by molar-refractivity contribution is 6.30. The Hall–Kier alpha value is -3.67. The molecule has 182 valence electrons. The number of hydrogen-bond acceptors (Lipinski definition) is 3. The highest BCUT2D eigenvalue weighted by Gasteiger charge is 2.16. The smallest absolute Gasteiger partial charge is 0.271 e. The molecule has 0 atom stereocenters. The van der Waals surface area contributed by atoms with Crippen molar-refractivity contribution >= 4 is 23.7 Å². The Balaban J connectivity index is 1.19. The molecule has 4 aromatic rings. The van der Waals surface area contributed by atoms with E-state index in [1.54, 1.807) is 6.21 Å². The third-order valence-electron chi connectivity index (χ3n) is 6.76. The number of halogens is 1. The minimum absolute atomic E-state index is 0.226. The zero-order valence-corrected chi connectivity index (χ0v) is 21.3. The summed E-state index contributed by atoms with van der Waals surface area (Å²) in [5.41, 5.74) is 11.4. The van der Waals surface area contributed by atoms with Gasteiger partial charge in [-0.3, -0.25) is 9.69 Å². The van der Waals surface area contributed by atoms with Gasteiger partial charge in [0.1, 0.15) is 0 Å². The van der Waals surface area contributed by atoms with Crippen LogP contribution in [0.4, 0.5) is 0 Å². The molecule has 0 bridgehead atoms. The van der Waals surface area contributed by atoms with Crippen molar-refractivity contribution in [2.45, 2.75) is 33.4 Å². The number of hydrazone groups is 1. The SMILES string of the molecule is Cc1cc(/C=N/NC(=O)c2ccc(CN3CCc4ccccc4C3)cc2)c(C)n1-c1ccc(Cl)cc1. The average Bonchev–Trinajstić information content (AvgIpc) is 3.17. The van der Waals surface area contributed by atoms with E-state index in [2.05, 4.69) is 44.3 Å². The Kier molecular flexibility index (Phi) is 7.03. The van der Waals surface area contributed by atoms with Gasteiger partial charge in [-0.05, 0) is 79.4 Å². The first-order chi connectivity index (χ1) is 17.5. The maximum absolute atomic E-state index is 12.6. The Morgan fingerprint density at radius 3 is 2.47 bits per heavy atom. The molecule has 0 spiro atoms.